The van der Waals surface area contributed by atoms with Crippen LogP contribution in [0.25, 0.3) is 22.3 Å². The number of nitrogens with one attached hydrogen (secondary N) is 2. The Balaban J connectivity index is 2.03. The minimum atomic E-state index is -0.385. The summed E-state index contributed by atoms with van der Waals surface area (Å²) >= 11 is 0. The summed E-state index contributed by atoms with van der Waals surface area (Å²) in [5.41, 5.74) is 3.78. The second-order valence-corrected chi connectivity index (χ2v) is 3.80. The first-order valence-corrected chi connectivity index (χ1v) is 5.36. The molecule has 0 atom stereocenters. The maximum absolute atomic E-state index is 11.3. The Hall–Kier alpha value is -2.63. The van der Waals surface area contributed by atoms with Gasteiger partial charge in [0, 0.05) is 11.3 Å². The Morgan fingerprint density at radius 1 is 1.17 bits per heavy atom. The van der Waals surface area contributed by atoms with Crippen molar-refractivity contribution in [2.45, 2.75) is 0 Å². The average Bonchev–Trinajstić information content (AvgIpc) is 3.05. The molecule has 0 bridgehead atoms. The largest absolute Gasteiger partial charge is 0.464 e. The lowest BCUT2D eigenvalue weighted by atomic mass is 10.1. The van der Waals surface area contributed by atoms with E-state index in [4.69, 9.17) is 0 Å². The number of hydrogen-bond acceptors (Lipinski definition) is 4. The van der Waals surface area contributed by atoms with Gasteiger partial charge < -0.3 is 9.72 Å². The molecule has 6 nitrogen and oxygen atoms in total. The van der Waals surface area contributed by atoms with Crippen molar-refractivity contribution < 1.29 is 9.53 Å². The Bertz CT molecular complexity index is 714. The van der Waals surface area contributed by atoms with Crippen molar-refractivity contribution in [1.82, 2.24) is 20.4 Å². The van der Waals surface area contributed by atoms with Crippen molar-refractivity contribution in [3.63, 3.8) is 0 Å². The van der Waals surface area contributed by atoms with Crippen LogP contribution in [0.5, 0.6) is 0 Å². The number of aromatic nitrogens is 4. The summed E-state index contributed by atoms with van der Waals surface area (Å²) in [7, 11) is 1.35. The summed E-state index contributed by atoms with van der Waals surface area (Å²) in [4.78, 5) is 14.4. The van der Waals surface area contributed by atoms with E-state index in [1.807, 2.05) is 24.3 Å². The predicted molar refractivity (Wildman–Crippen MR) is 65.0 cm³/mol. The molecular weight excluding hydrogens is 232 g/mol. The SMILES string of the molecule is COC(=O)c1ccc(-c2ccc3n[nH]nc3c2)[nH]1. The molecule has 0 fully saturated rings. The van der Waals surface area contributed by atoms with Crippen LogP contribution in [-0.4, -0.2) is 33.5 Å². The molecule has 0 aliphatic rings. The highest BCUT2D eigenvalue weighted by molar-refractivity contribution is 5.89. The normalized spacial score (nSPS) is 10.7. The van der Waals surface area contributed by atoms with E-state index in [1.165, 1.54) is 7.11 Å². The maximum atomic E-state index is 11.3. The number of carbonyl (C=O) groups is 1. The lowest BCUT2D eigenvalue weighted by molar-refractivity contribution is 0.0595. The molecule has 18 heavy (non-hydrogen) atoms. The minimum absolute atomic E-state index is 0.385. The first-order chi connectivity index (χ1) is 8.78. The Morgan fingerprint density at radius 2 is 2.00 bits per heavy atom. The number of methoxy groups -OCH3 is 1. The Morgan fingerprint density at radius 3 is 2.83 bits per heavy atom. The van der Waals surface area contributed by atoms with Crippen molar-refractivity contribution in [3.8, 4) is 11.3 Å². The van der Waals surface area contributed by atoms with Crippen LogP contribution >= 0.6 is 0 Å². The summed E-state index contributed by atoms with van der Waals surface area (Å²) in [5.74, 6) is -0.385. The molecule has 3 aromatic rings. The van der Waals surface area contributed by atoms with E-state index < -0.39 is 0 Å². The zero-order valence-corrected chi connectivity index (χ0v) is 9.60. The highest BCUT2D eigenvalue weighted by Gasteiger charge is 2.09. The van der Waals surface area contributed by atoms with E-state index in [2.05, 4.69) is 25.1 Å². The molecule has 0 aliphatic heterocycles. The Labute approximate surface area is 102 Å². The van der Waals surface area contributed by atoms with Crippen LogP contribution in [0.4, 0.5) is 0 Å². The second kappa shape index (κ2) is 3.99. The molecule has 0 saturated heterocycles. The molecule has 90 valence electrons. The number of nitrogens with zero attached hydrogens (tertiary/aromatic N) is 2. The summed E-state index contributed by atoms with van der Waals surface area (Å²) in [5, 5.41) is 10.6. The summed E-state index contributed by atoms with van der Waals surface area (Å²) in [6.07, 6.45) is 0. The van der Waals surface area contributed by atoms with E-state index in [1.54, 1.807) is 6.07 Å². The number of carbonyl (C=O) groups excluding carboxylic acids is 1. The van der Waals surface area contributed by atoms with Crippen molar-refractivity contribution in [3.05, 3.63) is 36.0 Å². The van der Waals surface area contributed by atoms with Crippen molar-refractivity contribution in [2.75, 3.05) is 7.11 Å². The smallest absolute Gasteiger partial charge is 0.354 e. The number of rotatable bonds is 2. The zero-order chi connectivity index (χ0) is 12.5. The number of benzene rings is 1. The predicted octanol–water partition coefficient (Wildman–Crippen LogP) is 1.74. The van der Waals surface area contributed by atoms with Crippen LogP contribution in [0.1, 0.15) is 10.5 Å². The van der Waals surface area contributed by atoms with Crippen molar-refractivity contribution in [2.24, 2.45) is 0 Å². The highest BCUT2D eigenvalue weighted by Crippen LogP contribution is 2.22. The van der Waals surface area contributed by atoms with Crippen molar-refractivity contribution in [1.29, 1.82) is 0 Å². The van der Waals surface area contributed by atoms with Gasteiger partial charge in [-0.05, 0) is 24.3 Å². The third kappa shape index (κ3) is 1.64. The lowest BCUT2D eigenvalue weighted by Crippen LogP contribution is -2.00. The highest BCUT2D eigenvalue weighted by atomic mass is 16.5. The van der Waals surface area contributed by atoms with Crippen LogP contribution in [0, 0.1) is 0 Å². The van der Waals surface area contributed by atoms with Crippen LogP contribution < -0.4 is 0 Å². The number of H-pyrrole nitrogens is 2. The fourth-order valence-corrected chi connectivity index (χ4v) is 1.80. The third-order valence-electron chi connectivity index (χ3n) is 2.72. The first-order valence-electron chi connectivity index (χ1n) is 5.36. The molecular formula is C12H10N4O2. The van der Waals surface area contributed by atoms with E-state index >= 15 is 0 Å². The van der Waals surface area contributed by atoms with E-state index in [-0.39, 0.29) is 5.97 Å². The molecule has 0 amide bonds. The number of hydrogen-bond donors (Lipinski definition) is 2. The summed E-state index contributed by atoms with van der Waals surface area (Å²) in [6.45, 7) is 0. The standard InChI is InChI=1S/C12H10N4O2/c1-18-12(17)10-5-4-8(13-10)7-2-3-9-11(6-7)15-16-14-9/h2-6,13H,1H3,(H,14,15,16). The third-order valence-corrected chi connectivity index (χ3v) is 2.72. The molecule has 0 spiro atoms. The molecule has 2 aromatic heterocycles. The molecule has 1 aromatic carbocycles. The van der Waals surface area contributed by atoms with Crippen molar-refractivity contribution >= 4 is 17.0 Å². The van der Waals surface area contributed by atoms with E-state index in [0.29, 0.717) is 5.69 Å². The van der Waals surface area contributed by atoms with Gasteiger partial charge in [0.25, 0.3) is 0 Å². The molecule has 0 aliphatic carbocycles. The molecule has 0 saturated carbocycles. The molecule has 2 N–H and O–H groups in total. The van der Waals surface area contributed by atoms with Crippen LogP contribution in [0.2, 0.25) is 0 Å². The van der Waals surface area contributed by atoms with Gasteiger partial charge in [-0.1, -0.05) is 6.07 Å². The van der Waals surface area contributed by atoms with Crippen LogP contribution in [0.15, 0.2) is 30.3 Å². The van der Waals surface area contributed by atoms with E-state index in [9.17, 15) is 4.79 Å². The second-order valence-electron chi connectivity index (χ2n) is 3.80. The molecule has 0 unspecified atom stereocenters. The van der Waals surface area contributed by atoms with Gasteiger partial charge in [-0.2, -0.15) is 15.4 Å². The first kappa shape index (κ1) is 10.5. The van der Waals surface area contributed by atoms with Crippen LogP contribution in [-0.2, 0) is 4.74 Å². The number of fused-ring (bicyclic) bond motifs is 1. The van der Waals surface area contributed by atoms with E-state index in [0.717, 1.165) is 22.3 Å². The molecule has 3 rings (SSSR count). The lowest BCUT2D eigenvalue weighted by Gasteiger charge is -1.98. The number of aromatic amines is 2. The van der Waals surface area contributed by atoms with Gasteiger partial charge in [-0.25, -0.2) is 4.79 Å². The number of esters is 1. The van der Waals surface area contributed by atoms with Gasteiger partial charge in [-0.15, -0.1) is 0 Å². The summed E-state index contributed by atoms with van der Waals surface area (Å²) < 4.78 is 4.65. The molecule has 6 heteroatoms. The minimum Gasteiger partial charge on any atom is -0.464 e. The van der Waals surface area contributed by atoms with Gasteiger partial charge in [0.2, 0.25) is 0 Å². The molecule has 2 heterocycles. The van der Waals surface area contributed by atoms with Gasteiger partial charge in [-0.3, -0.25) is 0 Å². The molecule has 0 radical (unpaired) electrons. The fraction of sp³-hybridized carbons (Fsp3) is 0.0833. The zero-order valence-electron chi connectivity index (χ0n) is 9.60. The Kier molecular flexibility index (Phi) is 2.33. The van der Waals surface area contributed by atoms with Gasteiger partial charge in [0.05, 0.1) is 7.11 Å². The fourth-order valence-electron chi connectivity index (χ4n) is 1.80. The summed E-state index contributed by atoms with van der Waals surface area (Å²) in [6, 6.07) is 9.19. The van der Waals surface area contributed by atoms with Crippen LogP contribution in [0.3, 0.4) is 0 Å². The van der Waals surface area contributed by atoms with Gasteiger partial charge >= 0.3 is 5.97 Å². The van der Waals surface area contributed by atoms with Gasteiger partial charge in [0.15, 0.2) is 0 Å². The average molecular weight is 242 g/mol. The van der Waals surface area contributed by atoms with Gasteiger partial charge in [0.1, 0.15) is 16.7 Å². The quantitative estimate of drug-likeness (QED) is 0.670. The monoisotopic (exact) mass is 242 g/mol. The number of ether oxygens (including phenoxy) is 1. The topological polar surface area (TPSA) is 83.7 Å². The maximum Gasteiger partial charge on any atom is 0.354 e.